The van der Waals surface area contributed by atoms with Gasteiger partial charge in [-0.25, -0.2) is 0 Å². The first-order valence-corrected chi connectivity index (χ1v) is 9.59. The summed E-state index contributed by atoms with van der Waals surface area (Å²) in [6.07, 6.45) is 3.33. The monoisotopic (exact) mass is 333 g/mol. The van der Waals surface area contributed by atoms with Crippen molar-refractivity contribution >= 4 is 8.25 Å². The lowest BCUT2D eigenvalue weighted by atomic mass is 9.82. The molecular weight excluding hydrogens is 295 g/mol. The second kappa shape index (κ2) is 7.73. The Morgan fingerprint density at radius 1 is 0.682 bits per heavy atom. The van der Waals surface area contributed by atoms with Crippen molar-refractivity contribution in [3.8, 4) is 0 Å². The molecule has 0 rings (SSSR count). The van der Waals surface area contributed by atoms with E-state index >= 15 is 0 Å². The van der Waals surface area contributed by atoms with Crippen LogP contribution < -0.4 is 0 Å². The average molecular weight is 333 g/mol. The summed E-state index contributed by atoms with van der Waals surface area (Å²) in [5, 5.41) is 0. The van der Waals surface area contributed by atoms with Crippen molar-refractivity contribution in [3.63, 3.8) is 0 Å². The summed E-state index contributed by atoms with van der Waals surface area (Å²) < 4.78 is 24.2. The summed E-state index contributed by atoms with van der Waals surface area (Å²) >= 11 is 0. The molecular formula is C18H38O3P+. The molecule has 0 N–H and O–H groups in total. The van der Waals surface area contributed by atoms with Crippen LogP contribution in [0.3, 0.4) is 0 Å². The Bertz CT molecular complexity index is 334. The molecule has 0 saturated carbocycles. The van der Waals surface area contributed by atoms with Gasteiger partial charge < -0.3 is 0 Å². The third-order valence-corrected chi connectivity index (χ3v) is 5.07. The predicted octanol–water partition coefficient (Wildman–Crippen LogP) is 6.89. The fourth-order valence-corrected chi connectivity index (χ4v) is 4.21. The lowest BCUT2D eigenvalue weighted by molar-refractivity contribution is -0.00943. The molecule has 0 aliphatic rings. The zero-order chi connectivity index (χ0) is 17.8. The third-order valence-electron chi connectivity index (χ3n) is 3.89. The van der Waals surface area contributed by atoms with Crippen LogP contribution in [0.1, 0.15) is 94.9 Å². The summed E-state index contributed by atoms with van der Waals surface area (Å²) in [5.74, 6) is 0. The fraction of sp³-hybridized carbons (Fsp3) is 1.00. The van der Waals surface area contributed by atoms with Crippen molar-refractivity contribution in [1.82, 2.24) is 0 Å². The minimum atomic E-state index is -2.12. The summed E-state index contributed by atoms with van der Waals surface area (Å²) in [4.78, 5) is 0. The van der Waals surface area contributed by atoms with Gasteiger partial charge in [0.15, 0.2) is 0 Å². The van der Waals surface area contributed by atoms with Gasteiger partial charge in [-0.2, -0.15) is 0 Å². The van der Waals surface area contributed by atoms with Gasteiger partial charge in [-0.3, -0.25) is 0 Å². The maximum absolute atomic E-state index is 12.5. The molecule has 0 radical (unpaired) electrons. The second-order valence-corrected chi connectivity index (χ2v) is 10.3. The Balaban J connectivity index is 4.89. The first kappa shape index (κ1) is 22.0. The molecule has 0 spiro atoms. The zero-order valence-corrected chi connectivity index (χ0v) is 17.4. The Kier molecular flexibility index (Phi) is 7.73. The zero-order valence-electron chi connectivity index (χ0n) is 16.5. The Labute approximate surface area is 139 Å². The predicted molar refractivity (Wildman–Crippen MR) is 95.3 cm³/mol. The molecule has 4 heteroatoms. The molecule has 0 aromatic heterocycles. The quantitative estimate of drug-likeness (QED) is 0.454. The molecule has 0 amide bonds. The summed E-state index contributed by atoms with van der Waals surface area (Å²) in [6, 6.07) is 0. The van der Waals surface area contributed by atoms with Gasteiger partial charge in [0, 0.05) is 4.57 Å². The minimum Gasteiger partial charge on any atom is -0.113 e. The van der Waals surface area contributed by atoms with Crippen LogP contribution in [-0.2, 0) is 13.6 Å². The summed E-state index contributed by atoms with van der Waals surface area (Å²) in [7, 11) is -2.12. The molecule has 3 nitrogen and oxygen atoms in total. The van der Waals surface area contributed by atoms with Crippen LogP contribution in [0.2, 0.25) is 0 Å². The molecule has 0 fully saturated rings. The smallest absolute Gasteiger partial charge is 0.113 e. The van der Waals surface area contributed by atoms with Crippen molar-refractivity contribution in [2.45, 2.75) is 106 Å². The second-order valence-electron chi connectivity index (χ2n) is 9.49. The maximum Gasteiger partial charge on any atom is 0.698 e. The molecule has 2 unspecified atom stereocenters. The largest absolute Gasteiger partial charge is 0.698 e. The van der Waals surface area contributed by atoms with E-state index in [9.17, 15) is 4.57 Å². The number of rotatable bonds is 8. The van der Waals surface area contributed by atoms with Crippen LogP contribution in [0.4, 0.5) is 0 Å². The van der Waals surface area contributed by atoms with E-state index in [0.29, 0.717) is 0 Å². The first-order valence-electron chi connectivity index (χ1n) is 8.49. The molecule has 0 saturated heterocycles. The van der Waals surface area contributed by atoms with Crippen molar-refractivity contribution in [1.29, 1.82) is 0 Å². The molecule has 0 aromatic rings. The average Bonchev–Trinajstić information content (AvgIpc) is 2.23. The van der Waals surface area contributed by atoms with E-state index in [2.05, 4.69) is 55.4 Å². The SMILES string of the molecule is CCC(C)(CC(C)(C)C)O[P+](=O)OC(C)(CC)CC(C)(C)C. The van der Waals surface area contributed by atoms with E-state index in [1.165, 1.54) is 0 Å². The van der Waals surface area contributed by atoms with Crippen LogP contribution in [0.25, 0.3) is 0 Å². The van der Waals surface area contributed by atoms with E-state index in [4.69, 9.17) is 9.05 Å². The van der Waals surface area contributed by atoms with Gasteiger partial charge >= 0.3 is 8.25 Å². The van der Waals surface area contributed by atoms with Crippen LogP contribution in [0, 0.1) is 10.8 Å². The summed E-state index contributed by atoms with van der Waals surface area (Å²) in [5.41, 5.74) is -0.578. The molecule has 0 aromatic carbocycles. The lowest BCUT2D eigenvalue weighted by Crippen LogP contribution is -2.34. The van der Waals surface area contributed by atoms with Gasteiger partial charge in [0.2, 0.25) is 0 Å². The molecule has 0 aliphatic carbocycles. The molecule has 2 atom stereocenters. The van der Waals surface area contributed by atoms with Gasteiger partial charge in [0.1, 0.15) is 11.2 Å². The molecule has 22 heavy (non-hydrogen) atoms. The highest BCUT2D eigenvalue weighted by molar-refractivity contribution is 7.33. The number of hydrogen-bond donors (Lipinski definition) is 0. The van der Waals surface area contributed by atoms with Crippen LogP contribution in [0.5, 0.6) is 0 Å². The highest BCUT2D eigenvalue weighted by Gasteiger charge is 2.44. The van der Waals surface area contributed by atoms with Gasteiger partial charge in [0.05, 0.1) is 0 Å². The number of hydrogen-bond acceptors (Lipinski definition) is 3. The van der Waals surface area contributed by atoms with Crippen molar-refractivity contribution in [2.24, 2.45) is 10.8 Å². The molecule has 132 valence electrons. The van der Waals surface area contributed by atoms with Gasteiger partial charge in [-0.1, -0.05) is 55.4 Å². The minimum absolute atomic E-state index is 0.125. The molecule has 0 heterocycles. The van der Waals surface area contributed by atoms with E-state index in [1.54, 1.807) is 0 Å². The lowest BCUT2D eigenvalue weighted by Gasteiger charge is -2.32. The highest BCUT2D eigenvalue weighted by atomic mass is 31.1. The summed E-state index contributed by atoms with van der Waals surface area (Å²) in [6.45, 7) is 21.3. The standard InChI is InChI=1S/C18H38O3P/c1-11-17(9,13-15(3,4)5)20-22(19)21-18(10,12-2)14-16(6,7)8/h11-14H2,1-10H3/q+1. The Morgan fingerprint density at radius 3 is 1.14 bits per heavy atom. The van der Waals surface area contributed by atoms with Crippen molar-refractivity contribution in [2.75, 3.05) is 0 Å². The fourth-order valence-electron chi connectivity index (χ4n) is 3.07. The topological polar surface area (TPSA) is 35.5 Å². The Hall–Kier alpha value is 0.0200. The molecule has 0 aliphatic heterocycles. The molecule has 0 bridgehead atoms. The van der Waals surface area contributed by atoms with E-state index in [0.717, 1.165) is 25.7 Å². The van der Waals surface area contributed by atoms with Crippen LogP contribution in [0.15, 0.2) is 0 Å². The Morgan fingerprint density at radius 2 is 0.955 bits per heavy atom. The third kappa shape index (κ3) is 9.22. The highest BCUT2D eigenvalue weighted by Crippen LogP contribution is 2.45. The van der Waals surface area contributed by atoms with Gasteiger partial charge in [0.25, 0.3) is 0 Å². The van der Waals surface area contributed by atoms with Gasteiger partial charge in [-0.05, 0) is 50.4 Å². The van der Waals surface area contributed by atoms with Crippen molar-refractivity contribution < 1.29 is 13.6 Å². The first-order chi connectivity index (χ1) is 9.64. The van der Waals surface area contributed by atoms with Gasteiger partial charge in [-0.15, -0.1) is 9.05 Å². The van der Waals surface area contributed by atoms with E-state index in [1.807, 2.05) is 13.8 Å². The van der Waals surface area contributed by atoms with E-state index in [-0.39, 0.29) is 10.8 Å². The van der Waals surface area contributed by atoms with Crippen LogP contribution >= 0.6 is 8.25 Å². The maximum atomic E-state index is 12.5. The van der Waals surface area contributed by atoms with Crippen LogP contribution in [-0.4, -0.2) is 11.2 Å². The van der Waals surface area contributed by atoms with E-state index < -0.39 is 19.5 Å². The normalized spacial score (nSPS) is 19.5. The van der Waals surface area contributed by atoms with Crippen molar-refractivity contribution in [3.05, 3.63) is 0 Å².